The summed E-state index contributed by atoms with van der Waals surface area (Å²) >= 11 is 1.86. The summed E-state index contributed by atoms with van der Waals surface area (Å²) in [6, 6.07) is 56.5. The maximum atomic E-state index is 5.13. The van der Waals surface area contributed by atoms with Gasteiger partial charge in [0, 0.05) is 26.5 Å². The molecule has 0 fully saturated rings. The molecule has 7 aromatic rings. The van der Waals surface area contributed by atoms with E-state index in [1.54, 1.807) is 0 Å². The van der Waals surface area contributed by atoms with Crippen LogP contribution < -0.4 is 0 Å². The lowest BCUT2D eigenvalue weighted by atomic mass is 9.67. The van der Waals surface area contributed by atoms with Crippen LogP contribution in [0.4, 0.5) is 0 Å². The molecule has 2 heterocycles. The first-order valence-corrected chi connectivity index (χ1v) is 15.7. The van der Waals surface area contributed by atoms with Crippen molar-refractivity contribution in [2.24, 2.45) is 0 Å². The van der Waals surface area contributed by atoms with Crippen molar-refractivity contribution in [3.63, 3.8) is 0 Å². The van der Waals surface area contributed by atoms with Crippen molar-refractivity contribution >= 4 is 11.8 Å². The highest BCUT2D eigenvalue weighted by Gasteiger charge is 2.49. The van der Waals surface area contributed by atoms with Crippen LogP contribution in [0.5, 0.6) is 0 Å². The first-order valence-electron chi connectivity index (χ1n) is 14.9. The number of benzene rings is 6. The van der Waals surface area contributed by atoms with Crippen LogP contribution in [0, 0.1) is 0 Å². The van der Waals surface area contributed by atoms with Crippen LogP contribution in [0.25, 0.3) is 45.0 Å². The van der Waals surface area contributed by atoms with E-state index in [9.17, 15) is 0 Å². The molecule has 0 N–H and O–H groups in total. The molecule has 0 amide bonds. The van der Waals surface area contributed by atoms with Crippen LogP contribution in [-0.4, -0.2) is 9.97 Å². The number of fused-ring (bicyclic) bond motifs is 9. The molecule has 0 radical (unpaired) electrons. The van der Waals surface area contributed by atoms with E-state index in [1.807, 2.05) is 36.0 Å². The third-order valence-electron chi connectivity index (χ3n) is 8.97. The van der Waals surface area contributed by atoms with Crippen molar-refractivity contribution in [3.05, 3.63) is 180 Å². The van der Waals surface area contributed by atoms with Gasteiger partial charge in [0.25, 0.3) is 0 Å². The summed E-state index contributed by atoms with van der Waals surface area (Å²) in [6.07, 6.45) is 0. The van der Waals surface area contributed by atoms with Crippen molar-refractivity contribution in [2.45, 2.75) is 15.2 Å². The minimum absolute atomic E-state index is 0.376. The highest BCUT2D eigenvalue weighted by atomic mass is 32.2. The molecule has 1 aromatic heterocycles. The Bertz CT molecular complexity index is 2100. The Hall–Kier alpha value is -5.25. The second-order valence-electron chi connectivity index (χ2n) is 11.3. The van der Waals surface area contributed by atoms with Crippen molar-refractivity contribution in [3.8, 4) is 45.0 Å². The number of hydrogen-bond donors (Lipinski definition) is 0. The molecule has 0 saturated heterocycles. The van der Waals surface area contributed by atoms with Crippen LogP contribution in [0.1, 0.15) is 22.3 Å². The van der Waals surface area contributed by atoms with Gasteiger partial charge in [0.2, 0.25) is 0 Å². The van der Waals surface area contributed by atoms with Gasteiger partial charge in [-0.05, 0) is 51.6 Å². The molecule has 0 bridgehead atoms. The molecular weight excluding hydrogens is 553 g/mol. The molecule has 9 rings (SSSR count). The second-order valence-corrected chi connectivity index (χ2v) is 12.4. The smallest absolute Gasteiger partial charge is 0.160 e. The molecule has 2 nitrogen and oxygen atoms in total. The van der Waals surface area contributed by atoms with Gasteiger partial charge < -0.3 is 0 Å². The van der Waals surface area contributed by atoms with E-state index >= 15 is 0 Å². The standard InChI is InChI=1S/C41H26N2S/c1-3-13-27(14-4-1)36-26-37(43-40(42-36)28-15-5-2-6-16-28)29-23-24-35-39(25-29)44-38-22-12-11-21-34(38)41(35)32-19-9-7-17-30(32)31-18-8-10-20-33(31)41/h1-26H. The van der Waals surface area contributed by atoms with Crippen molar-refractivity contribution in [1.29, 1.82) is 0 Å². The average Bonchev–Trinajstić information content (AvgIpc) is 3.39. The summed E-state index contributed by atoms with van der Waals surface area (Å²) in [4.78, 5) is 12.7. The van der Waals surface area contributed by atoms with E-state index in [2.05, 4.69) is 133 Å². The first kappa shape index (κ1) is 25.3. The lowest BCUT2D eigenvalue weighted by Gasteiger charge is -2.39. The molecular formula is C41H26N2S. The third-order valence-corrected chi connectivity index (χ3v) is 10.1. The fraction of sp³-hybridized carbons (Fsp3) is 0.0244. The largest absolute Gasteiger partial charge is 0.228 e. The summed E-state index contributed by atoms with van der Waals surface area (Å²) in [7, 11) is 0. The Kier molecular flexibility index (Phi) is 5.69. The Morgan fingerprint density at radius 3 is 1.59 bits per heavy atom. The Labute approximate surface area is 261 Å². The van der Waals surface area contributed by atoms with E-state index in [1.165, 1.54) is 43.2 Å². The highest BCUT2D eigenvalue weighted by molar-refractivity contribution is 7.99. The molecule has 0 saturated carbocycles. The molecule has 206 valence electrons. The van der Waals surface area contributed by atoms with Crippen molar-refractivity contribution < 1.29 is 0 Å². The van der Waals surface area contributed by atoms with E-state index in [0.29, 0.717) is 0 Å². The zero-order valence-corrected chi connectivity index (χ0v) is 24.6. The van der Waals surface area contributed by atoms with Crippen molar-refractivity contribution in [1.82, 2.24) is 9.97 Å². The van der Waals surface area contributed by atoms with Crippen LogP contribution in [0.3, 0.4) is 0 Å². The molecule has 44 heavy (non-hydrogen) atoms. The lowest BCUT2D eigenvalue weighted by molar-refractivity contribution is 0.722. The van der Waals surface area contributed by atoms with Crippen LogP contribution in [0.15, 0.2) is 168 Å². The molecule has 6 aromatic carbocycles. The quantitative estimate of drug-likeness (QED) is 0.209. The second kappa shape index (κ2) is 9.90. The molecule has 2 aliphatic rings. The minimum atomic E-state index is -0.376. The summed E-state index contributed by atoms with van der Waals surface area (Å²) in [5.74, 6) is 0.729. The normalized spacial score (nSPS) is 13.5. The maximum Gasteiger partial charge on any atom is 0.160 e. The highest BCUT2D eigenvalue weighted by Crippen LogP contribution is 2.62. The summed E-state index contributed by atoms with van der Waals surface area (Å²) in [6.45, 7) is 0. The summed E-state index contributed by atoms with van der Waals surface area (Å²) in [5, 5.41) is 0. The van der Waals surface area contributed by atoms with Gasteiger partial charge in [0.05, 0.1) is 16.8 Å². The molecule has 1 aliphatic heterocycles. The molecule has 0 atom stereocenters. The maximum absolute atomic E-state index is 5.13. The Morgan fingerprint density at radius 2 is 0.909 bits per heavy atom. The van der Waals surface area contributed by atoms with Gasteiger partial charge in [-0.3, -0.25) is 0 Å². The molecule has 3 heteroatoms. The molecule has 0 unspecified atom stereocenters. The number of aromatic nitrogens is 2. The van der Waals surface area contributed by atoms with Gasteiger partial charge in [-0.15, -0.1) is 0 Å². The SMILES string of the molecule is c1ccc(-c2cc(-c3ccc4c(c3)Sc3ccccc3C43c4ccccc4-c4ccccc43)nc(-c3ccccc3)n2)cc1. The van der Waals surface area contributed by atoms with Gasteiger partial charge in [-0.25, -0.2) is 9.97 Å². The summed E-state index contributed by atoms with van der Waals surface area (Å²) in [5.41, 5.74) is 12.6. The molecule has 1 spiro atoms. The number of hydrogen-bond acceptors (Lipinski definition) is 3. The zero-order chi connectivity index (χ0) is 29.1. The lowest BCUT2D eigenvalue weighted by Crippen LogP contribution is -2.31. The van der Waals surface area contributed by atoms with Crippen LogP contribution >= 0.6 is 11.8 Å². The Balaban J connectivity index is 1.28. The molecule has 1 aliphatic carbocycles. The van der Waals surface area contributed by atoms with E-state index in [0.717, 1.165) is 33.9 Å². The fourth-order valence-electron chi connectivity index (χ4n) is 7.09. The predicted molar refractivity (Wildman–Crippen MR) is 180 cm³/mol. The van der Waals surface area contributed by atoms with E-state index in [4.69, 9.17) is 9.97 Å². The van der Waals surface area contributed by atoms with Crippen LogP contribution in [0.2, 0.25) is 0 Å². The predicted octanol–water partition coefficient (Wildman–Crippen LogP) is 10.3. The summed E-state index contributed by atoms with van der Waals surface area (Å²) < 4.78 is 0. The monoisotopic (exact) mass is 578 g/mol. The fourth-order valence-corrected chi connectivity index (χ4v) is 8.32. The Morgan fingerprint density at radius 1 is 0.386 bits per heavy atom. The van der Waals surface area contributed by atoms with Gasteiger partial charge in [-0.1, -0.05) is 151 Å². The van der Waals surface area contributed by atoms with Gasteiger partial charge >= 0.3 is 0 Å². The van der Waals surface area contributed by atoms with E-state index < -0.39 is 0 Å². The van der Waals surface area contributed by atoms with Crippen LogP contribution in [-0.2, 0) is 5.41 Å². The van der Waals surface area contributed by atoms with Gasteiger partial charge in [0.15, 0.2) is 5.82 Å². The van der Waals surface area contributed by atoms with Gasteiger partial charge in [0.1, 0.15) is 0 Å². The number of rotatable bonds is 3. The minimum Gasteiger partial charge on any atom is -0.228 e. The number of nitrogens with zero attached hydrogens (tertiary/aromatic N) is 2. The zero-order valence-electron chi connectivity index (χ0n) is 23.8. The topological polar surface area (TPSA) is 25.8 Å². The van der Waals surface area contributed by atoms with Crippen molar-refractivity contribution in [2.75, 3.05) is 0 Å². The average molecular weight is 579 g/mol. The van der Waals surface area contributed by atoms with Gasteiger partial charge in [-0.2, -0.15) is 0 Å². The third kappa shape index (κ3) is 3.69. The van der Waals surface area contributed by atoms with E-state index in [-0.39, 0.29) is 5.41 Å². The first-order chi connectivity index (χ1) is 21.8.